The lowest BCUT2D eigenvalue weighted by Gasteiger charge is -2.23. The highest BCUT2D eigenvalue weighted by Gasteiger charge is 2.40. The molecule has 3 heterocycles. The number of hydrogen-bond donors (Lipinski definition) is 4. The van der Waals surface area contributed by atoms with Crippen molar-refractivity contribution in [1.29, 1.82) is 5.41 Å². The third-order valence-corrected chi connectivity index (χ3v) is 5.99. The van der Waals surface area contributed by atoms with Crippen LogP contribution in [0.5, 0.6) is 0 Å². The van der Waals surface area contributed by atoms with Crippen LogP contribution in [-0.2, 0) is 6.18 Å². The number of aryl methyl sites for hydroxylation is 1. The second-order valence-electron chi connectivity index (χ2n) is 8.73. The molecule has 4 rings (SSSR count). The number of anilines is 3. The Bertz CT molecular complexity index is 1260. The first-order chi connectivity index (χ1) is 17.1. The number of amides is 2. The van der Waals surface area contributed by atoms with Gasteiger partial charge in [-0.25, -0.2) is 9.78 Å². The summed E-state index contributed by atoms with van der Waals surface area (Å²) in [5, 5.41) is 16.3. The topological polar surface area (TPSA) is 106 Å². The molecule has 1 aliphatic rings. The second kappa shape index (κ2) is 10.3. The van der Waals surface area contributed by atoms with Gasteiger partial charge in [-0.3, -0.25) is 10.3 Å². The van der Waals surface area contributed by atoms with Gasteiger partial charge in [-0.2, -0.15) is 13.2 Å². The summed E-state index contributed by atoms with van der Waals surface area (Å²) in [5.74, 6) is -0.319. The van der Waals surface area contributed by atoms with Crippen molar-refractivity contribution >= 4 is 29.4 Å². The van der Waals surface area contributed by atoms with E-state index in [0.29, 0.717) is 24.3 Å². The van der Waals surface area contributed by atoms with Crippen LogP contribution in [0.25, 0.3) is 0 Å². The van der Waals surface area contributed by atoms with Crippen LogP contribution < -0.4 is 16.0 Å². The molecule has 0 spiro atoms. The van der Waals surface area contributed by atoms with E-state index >= 15 is 0 Å². The van der Waals surface area contributed by atoms with E-state index in [1.165, 1.54) is 18.3 Å². The molecule has 1 saturated heterocycles. The molecule has 1 aliphatic heterocycles. The van der Waals surface area contributed by atoms with Gasteiger partial charge >= 0.3 is 12.2 Å². The minimum Gasteiger partial charge on any atom is -0.354 e. The van der Waals surface area contributed by atoms with E-state index in [1.807, 2.05) is 17.9 Å². The number of nitrogens with zero attached hydrogens (tertiary/aromatic N) is 3. The number of urea groups is 1. The van der Waals surface area contributed by atoms with Gasteiger partial charge in [0.2, 0.25) is 0 Å². The van der Waals surface area contributed by atoms with Crippen LogP contribution in [0, 0.1) is 12.3 Å². The van der Waals surface area contributed by atoms with Crippen LogP contribution in [0.2, 0.25) is 0 Å². The highest BCUT2D eigenvalue weighted by atomic mass is 19.4. The number of hydrogen-bond acceptors (Lipinski definition) is 6. The Morgan fingerprint density at radius 2 is 1.94 bits per heavy atom. The zero-order chi connectivity index (χ0) is 25.9. The molecular weight excluding hydrogens is 471 g/mol. The van der Waals surface area contributed by atoms with E-state index in [9.17, 15) is 18.0 Å². The predicted molar refractivity (Wildman–Crippen MR) is 132 cm³/mol. The summed E-state index contributed by atoms with van der Waals surface area (Å²) in [4.78, 5) is 23.0. The Balaban J connectivity index is 1.47. The third kappa shape index (κ3) is 5.80. The summed E-state index contributed by atoms with van der Waals surface area (Å²) >= 11 is 0. The van der Waals surface area contributed by atoms with Gasteiger partial charge in [-0.05, 0) is 43.8 Å². The lowest BCUT2D eigenvalue weighted by atomic mass is 9.90. The Kier molecular flexibility index (Phi) is 7.20. The maximum absolute atomic E-state index is 13.6. The SMILES string of the molecule is Cc1cc(Nc2cnc(NC(=O)N[C@H]3CN(C)C[C@@H]3c3ccccc3C(F)(F)F)cc2C=N)ccn1. The number of likely N-dealkylation sites (N-methyl/N-ethyl adjacent to an activating group) is 1. The number of aromatic nitrogens is 2. The molecule has 8 nitrogen and oxygen atoms in total. The smallest absolute Gasteiger partial charge is 0.354 e. The van der Waals surface area contributed by atoms with E-state index in [2.05, 4.69) is 25.9 Å². The van der Waals surface area contributed by atoms with Crippen molar-refractivity contribution in [2.24, 2.45) is 0 Å². The number of pyridine rings is 2. The van der Waals surface area contributed by atoms with Crippen molar-refractivity contribution in [2.75, 3.05) is 30.8 Å². The lowest BCUT2D eigenvalue weighted by Crippen LogP contribution is -2.42. The number of halogens is 3. The molecule has 4 N–H and O–H groups in total. The van der Waals surface area contributed by atoms with E-state index < -0.39 is 29.7 Å². The molecule has 0 radical (unpaired) electrons. The number of carbonyl (C=O) groups excluding carboxylic acids is 1. The quantitative estimate of drug-likeness (QED) is 0.368. The Labute approximate surface area is 206 Å². The molecule has 3 aromatic rings. The molecule has 36 heavy (non-hydrogen) atoms. The zero-order valence-corrected chi connectivity index (χ0v) is 19.7. The Hall–Kier alpha value is -3.99. The first-order valence-corrected chi connectivity index (χ1v) is 11.3. The molecule has 0 bridgehead atoms. The molecule has 2 amide bonds. The Morgan fingerprint density at radius 1 is 1.17 bits per heavy atom. The van der Waals surface area contributed by atoms with Crippen molar-refractivity contribution in [3.05, 3.63) is 77.2 Å². The Morgan fingerprint density at radius 3 is 2.67 bits per heavy atom. The molecule has 2 atom stereocenters. The predicted octanol–water partition coefficient (Wildman–Crippen LogP) is 4.76. The minimum atomic E-state index is -4.48. The van der Waals surface area contributed by atoms with Gasteiger partial charge in [0, 0.05) is 48.4 Å². The average molecular weight is 498 g/mol. The average Bonchev–Trinajstić information content (AvgIpc) is 3.19. The molecular formula is C25H26F3N7O. The summed E-state index contributed by atoms with van der Waals surface area (Å²) in [6.07, 6.45) is -0.187. The van der Waals surface area contributed by atoms with Crippen LogP contribution in [-0.4, -0.2) is 53.3 Å². The van der Waals surface area contributed by atoms with Crippen molar-refractivity contribution in [3.63, 3.8) is 0 Å². The number of carbonyl (C=O) groups is 1. The largest absolute Gasteiger partial charge is 0.416 e. The zero-order valence-electron chi connectivity index (χ0n) is 19.7. The first kappa shape index (κ1) is 25.1. The van der Waals surface area contributed by atoms with Gasteiger partial charge in [-0.1, -0.05) is 18.2 Å². The van der Waals surface area contributed by atoms with Gasteiger partial charge in [-0.15, -0.1) is 0 Å². The molecule has 0 unspecified atom stereocenters. The highest BCUT2D eigenvalue weighted by Crippen LogP contribution is 2.38. The van der Waals surface area contributed by atoms with Crippen LogP contribution in [0.1, 0.15) is 28.3 Å². The fourth-order valence-electron chi connectivity index (χ4n) is 4.40. The maximum atomic E-state index is 13.6. The van der Waals surface area contributed by atoms with Crippen molar-refractivity contribution in [2.45, 2.75) is 25.1 Å². The monoisotopic (exact) mass is 497 g/mol. The normalized spacial score (nSPS) is 18.0. The van der Waals surface area contributed by atoms with Crippen molar-refractivity contribution in [1.82, 2.24) is 20.2 Å². The fraction of sp³-hybridized carbons (Fsp3) is 0.280. The lowest BCUT2D eigenvalue weighted by molar-refractivity contribution is -0.138. The van der Waals surface area contributed by atoms with E-state index in [4.69, 9.17) is 5.41 Å². The molecule has 0 saturated carbocycles. The number of likely N-dealkylation sites (tertiary alicyclic amines) is 1. The second-order valence-corrected chi connectivity index (χ2v) is 8.73. The molecule has 0 aliphatic carbocycles. The maximum Gasteiger partial charge on any atom is 0.416 e. The number of nitrogens with one attached hydrogen (secondary N) is 4. The van der Waals surface area contributed by atoms with E-state index in [-0.39, 0.29) is 11.4 Å². The highest BCUT2D eigenvalue weighted by molar-refractivity contribution is 5.92. The van der Waals surface area contributed by atoms with Gasteiger partial charge < -0.3 is 20.9 Å². The van der Waals surface area contributed by atoms with Gasteiger partial charge in [0.25, 0.3) is 0 Å². The number of rotatable bonds is 6. The van der Waals surface area contributed by atoms with Gasteiger partial charge in [0.1, 0.15) is 5.82 Å². The molecule has 11 heteroatoms. The number of alkyl halides is 3. The van der Waals surface area contributed by atoms with E-state index in [0.717, 1.165) is 23.7 Å². The summed E-state index contributed by atoms with van der Waals surface area (Å²) in [7, 11) is 1.80. The third-order valence-electron chi connectivity index (χ3n) is 5.99. The van der Waals surface area contributed by atoms with Crippen molar-refractivity contribution in [3.8, 4) is 0 Å². The van der Waals surface area contributed by atoms with Crippen molar-refractivity contribution < 1.29 is 18.0 Å². The van der Waals surface area contributed by atoms with Gasteiger partial charge in [0.15, 0.2) is 0 Å². The summed E-state index contributed by atoms with van der Waals surface area (Å²) < 4.78 is 40.8. The first-order valence-electron chi connectivity index (χ1n) is 11.3. The molecule has 188 valence electrons. The summed E-state index contributed by atoms with van der Waals surface area (Å²) in [6.45, 7) is 2.64. The summed E-state index contributed by atoms with van der Waals surface area (Å²) in [5.41, 5.74) is 2.14. The van der Waals surface area contributed by atoms with Crippen LogP contribution in [0.4, 0.5) is 35.2 Å². The van der Waals surface area contributed by atoms with Crippen LogP contribution in [0.3, 0.4) is 0 Å². The summed E-state index contributed by atoms with van der Waals surface area (Å²) in [6, 6.07) is 9.53. The molecule has 1 aromatic carbocycles. The molecule has 1 fully saturated rings. The number of benzene rings is 1. The standard InChI is InChI=1S/C25H26F3N7O/c1-15-9-17(7-8-30-15)32-21-12-31-23(10-16(21)11-29)34-24(36)33-22-14-35(2)13-19(22)18-5-3-4-6-20(18)25(26,27)28/h3-12,19,22,29H,13-14H2,1-2H3,(H,30,32)(H2,31,33,34,36)/t19-,22+/m1/s1. The minimum absolute atomic E-state index is 0.158. The van der Waals surface area contributed by atoms with E-state index in [1.54, 1.807) is 31.4 Å². The van der Waals surface area contributed by atoms with Crippen LogP contribution >= 0.6 is 0 Å². The van der Waals surface area contributed by atoms with Crippen LogP contribution in [0.15, 0.2) is 54.9 Å². The van der Waals surface area contributed by atoms with Gasteiger partial charge in [0.05, 0.1) is 23.5 Å². The molecule has 2 aromatic heterocycles. The fourth-order valence-corrected chi connectivity index (χ4v) is 4.40.